The summed E-state index contributed by atoms with van der Waals surface area (Å²) >= 11 is 0. The van der Waals surface area contributed by atoms with Gasteiger partial charge in [-0.2, -0.15) is 0 Å². The quantitative estimate of drug-likeness (QED) is 0.192. The van der Waals surface area contributed by atoms with Gasteiger partial charge in [-0.25, -0.2) is 9.97 Å². The Morgan fingerprint density at radius 2 is 1.14 bits per heavy atom. The molecule has 1 aliphatic rings. The average Bonchev–Trinajstić information content (AvgIpc) is 3.63. The fourth-order valence-electron chi connectivity index (χ4n) is 8.36. The number of hydrogen-bond acceptors (Lipinski definition) is 2. The summed E-state index contributed by atoms with van der Waals surface area (Å²) in [7, 11) is 0. The van der Waals surface area contributed by atoms with Gasteiger partial charge in [-0.15, -0.1) is 0 Å². The largest absolute Gasteiger partial charge is 0.308 e. The third-order valence-corrected chi connectivity index (χ3v) is 10.6. The molecule has 10 rings (SSSR count). The Hall–Kier alpha value is -6.32. The number of benzene rings is 7. The van der Waals surface area contributed by atoms with Gasteiger partial charge in [-0.05, 0) is 69.8 Å². The molecule has 0 atom stereocenters. The second kappa shape index (κ2) is 10.8. The fraction of sp³-hybridized carbons (Fsp3) is 0.0638. The molecule has 50 heavy (non-hydrogen) atoms. The second-order valence-electron chi connectivity index (χ2n) is 13.8. The Kier molecular flexibility index (Phi) is 6.22. The molecule has 0 bridgehead atoms. The summed E-state index contributed by atoms with van der Waals surface area (Å²) in [6.45, 7) is 4.72. The summed E-state index contributed by atoms with van der Waals surface area (Å²) in [6.07, 6.45) is 0. The molecule has 0 saturated carbocycles. The molecule has 0 unspecified atom stereocenters. The van der Waals surface area contributed by atoms with E-state index >= 15 is 0 Å². The van der Waals surface area contributed by atoms with Crippen LogP contribution >= 0.6 is 0 Å². The Balaban J connectivity index is 1.25. The summed E-state index contributed by atoms with van der Waals surface area (Å²) in [5, 5.41) is 3.43. The van der Waals surface area contributed by atoms with Gasteiger partial charge in [-0.1, -0.05) is 141 Å². The molecule has 0 radical (unpaired) electrons. The standard InChI is InChI=1S/C47H33N3/c1-47(2)40-25-11-9-19-34(40)35-22-13-21-33(43(35)47)31-27-28-42-39(29-31)36-23-14-24-38(45(36)50(42)32-17-7-4-8-18-32)46-48-41-26-12-10-20-37(41)44(49-46)30-15-5-3-6-16-30/h3-29H,1-2H3. The van der Waals surface area contributed by atoms with E-state index in [2.05, 4.69) is 176 Å². The molecule has 0 amide bonds. The number of para-hydroxylation sites is 3. The molecule has 0 spiro atoms. The molecule has 0 N–H and O–H groups in total. The first-order chi connectivity index (χ1) is 24.6. The van der Waals surface area contributed by atoms with Crippen LogP contribution in [0.25, 0.3) is 83.3 Å². The van der Waals surface area contributed by atoms with E-state index in [0.29, 0.717) is 5.82 Å². The lowest BCUT2D eigenvalue weighted by molar-refractivity contribution is 0.662. The van der Waals surface area contributed by atoms with Crippen molar-refractivity contribution in [1.29, 1.82) is 0 Å². The molecule has 0 aliphatic heterocycles. The van der Waals surface area contributed by atoms with E-state index in [9.17, 15) is 0 Å². The maximum atomic E-state index is 5.31. The molecule has 2 aromatic heterocycles. The van der Waals surface area contributed by atoms with Crippen LogP contribution in [0.3, 0.4) is 0 Å². The third kappa shape index (κ3) is 4.17. The van der Waals surface area contributed by atoms with Crippen molar-refractivity contribution in [1.82, 2.24) is 14.5 Å². The lowest BCUT2D eigenvalue weighted by atomic mass is 9.79. The van der Waals surface area contributed by atoms with Crippen molar-refractivity contribution in [3.63, 3.8) is 0 Å². The first-order valence-electron chi connectivity index (χ1n) is 17.3. The first-order valence-corrected chi connectivity index (χ1v) is 17.3. The SMILES string of the molecule is CC1(C)c2ccccc2-c2cccc(-c3ccc4c(c3)c3cccc(-c5nc(-c6ccccc6)c6ccccc6n5)c3n4-c3ccccc3)c21. The molecule has 0 saturated heterocycles. The maximum absolute atomic E-state index is 5.31. The van der Waals surface area contributed by atoms with E-state index < -0.39 is 0 Å². The van der Waals surface area contributed by atoms with Gasteiger partial charge in [-0.3, -0.25) is 0 Å². The van der Waals surface area contributed by atoms with Crippen LogP contribution in [-0.4, -0.2) is 14.5 Å². The number of hydrogen-bond donors (Lipinski definition) is 0. The van der Waals surface area contributed by atoms with Crippen LogP contribution in [-0.2, 0) is 5.41 Å². The predicted octanol–water partition coefficient (Wildman–Crippen LogP) is 12.0. The van der Waals surface area contributed by atoms with Crippen LogP contribution < -0.4 is 0 Å². The van der Waals surface area contributed by atoms with Gasteiger partial charge >= 0.3 is 0 Å². The zero-order valence-electron chi connectivity index (χ0n) is 27.9. The molecular formula is C47H33N3. The minimum Gasteiger partial charge on any atom is -0.308 e. The predicted molar refractivity (Wildman–Crippen MR) is 208 cm³/mol. The summed E-state index contributed by atoms with van der Waals surface area (Å²) < 4.78 is 2.39. The summed E-state index contributed by atoms with van der Waals surface area (Å²) in [4.78, 5) is 10.5. The number of aromatic nitrogens is 3. The molecule has 3 nitrogen and oxygen atoms in total. The van der Waals surface area contributed by atoms with Crippen molar-refractivity contribution in [3.05, 3.63) is 175 Å². The minimum atomic E-state index is -0.105. The highest BCUT2D eigenvalue weighted by molar-refractivity contribution is 6.14. The van der Waals surface area contributed by atoms with Crippen LogP contribution in [0.2, 0.25) is 0 Å². The van der Waals surface area contributed by atoms with E-state index in [-0.39, 0.29) is 5.41 Å². The first kappa shape index (κ1) is 28.7. The molecular weight excluding hydrogens is 607 g/mol. The highest BCUT2D eigenvalue weighted by Gasteiger charge is 2.37. The van der Waals surface area contributed by atoms with Gasteiger partial charge in [0.25, 0.3) is 0 Å². The van der Waals surface area contributed by atoms with Gasteiger partial charge in [0.1, 0.15) is 0 Å². The van der Waals surface area contributed by atoms with Crippen molar-refractivity contribution in [2.75, 3.05) is 0 Å². The van der Waals surface area contributed by atoms with Crippen molar-refractivity contribution >= 4 is 32.7 Å². The number of rotatable bonds is 4. The van der Waals surface area contributed by atoms with Crippen molar-refractivity contribution < 1.29 is 0 Å². The fourth-order valence-corrected chi connectivity index (χ4v) is 8.36. The Bertz CT molecular complexity index is 2770. The second-order valence-corrected chi connectivity index (χ2v) is 13.8. The summed E-state index contributed by atoms with van der Waals surface area (Å²) in [5.41, 5.74) is 15.2. The lowest BCUT2D eigenvalue weighted by Gasteiger charge is -2.24. The molecule has 236 valence electrons. The van der Waals surface area contributed by atoms with E-state index in [1.807, 2.05) is 6.07 Å². The van der Waals surface area contributed by atoms with Crippen LogP contribution in [0.4, 0.5) is 0 Å². The third-order valence-electron chi connectivity index (χ3n) is 10.6. The van der Waals surface area contributed by atoms with Crippen molar-refractivity contribution in [3.8, 4) is 50.6 Å². The van der Waals surface area contributed by atoms with Gasteiger partial charge in [0.2, 0.25) is 0 Å². The van der Waals surface area contributed by atoms with Crippen LogP contribution in [0.1, 0.15) is 25.0 Å². The molecule has 0 fully saturated rings. The van der Waals surface area contributed by atoms with E-state index in [1.165, 1.54) is 44.2 Å². The van der Waals surface area contributed by atoms with E-state index in [4.69, 9.17) is 9.97 Å². The van der Waals surface area contributed by atoms with Crippen molar-refractivity contribution in [2.24, 2.45) is 0 Å². The topological polar surface area (TPSA) is 30.7 Å². The van der Waals surface area contributed by atoms with Crippen LogP contribution in [0.15, 0.2) is 164 Å². The summed E-state index contributed by atoms with van der Waals surface area (Å²) in [5.74, 6) is 0.716. The lowest BCUT2D eigenvalue weighted by Crippen LogP contribution is -2.16. The Labute approximate surface area is 291 Å². The molecule has 1 aliphatic carbocycles. The zero-order chi connectivity index (χ0) is 33.4. The normalized spacial score (nSPS) is 13.2. The van der Waals surface area contributed by atoms with Gasteiger partial charge in [0.05, 0.1) is 22.2 Å². The monoisotopic (exact) mass is 639 g/mol. The number of nitrogens with zero attached hydrogens (tertiary/aromatic N) is 3. The highest BCUT2D eigenvalue weighted by atomic mass is 15.0. The number of fused-ring (bicyclic) bond motifs is 7. The molecule has 3 heteroatoms. The van der Waals surface area contributed by atoms with Crippen molar-refractivity contribution in [2.45, 2.75) is 19.3 Å². The minimum absolute atomic E-state index is 0.105. The van der Waals surface area contributed by atoms with E-state index in [0.717, 1.165) is 44.4 Å². The van der Waals surface area contributed by atoms with Gasteiger partial charge in [0.15, 0.2) is 5.82 Å². The van der Waals surface area contributed by atoms with E-state index in [1.54, 1.807) is 0 Å². The molecule has 7 aromatic carbocycles. The van der Waals surface area contributed by atoms with Gasteiger partial charge < -0.3 is 4.57 Å². The average molecular weight is 640 g/mol. The zero-order valence-corrected chi connectivity index (χ0v) is 27.9. The summed E-state index contributed by atoms with van der Waals surface area (Å²) in [6, 6.07) is 58.6. The smallest absolute Gasteiger partial charge is 0.162 e. The maximum Gasteiger partial charge on any atom is 0.162 e. The van der Waals surface area contributed by atoms with Crippen LogP contribution in [0.5, 0.6) is 0 Å². The van der Waals surface area contributed by atoms with Crippen LogP contribution in [0, 0.1) is 0 Å². The Morgan fingerprint density at radius 3 is 2.00 bits per heavy atom. The molecule has 2 heterocycles. The molecule has 9 aromatic rings. The highest BCUT2D eigenvalue weighted by Crippen LogP contribution is 2.52. The van der Waals surface area contributed by atoms with Gasteiger partial charge in [0, 0.05) is 38.4 Å². The Morgan fingerprint density at radius 1 is 0.480 bits per heavy atom.